The van der Waals surface area contributed by atoms with Crippen molar-refractivity contribution in [3.63, 3.8) is 0 Å². The number of rotatable bonds is 7. The molecule has 0 aromatic heterocycles. The lowest BCUT2D eigenvalue weighted by Crippen LogP contribution is -2.14. The van der Waals surface area contributed by atoms with Gasteiger partial charge < -0.3 is 4.74 Å². The molecule has 0 rings (SSSR count). The maximum atomic E-state index is 11.8. The lowest BCUT2D eigenvalue weighted by atomic mass is 10.1. The Labute approximate surface area is 105 Å². The first kappa shape index (κ1) is 15.9. The van der Waals surface area contributed by atoms with Crippen LogP contribution in [0.2, 0.25) is 0 Å². The highest BCUT2D eigenvalue weighted by Crippen LogP contribution is 2.05. The van der Waals surface area contributed by atoms with Gasteiger partial charge in [-0.1, -0.05) is 32.8 Å². The van der Waals surface area contributed by atoms with Crippen LogP contribution in [0.15, 0.2) is 16.1 Å². The van der Waals surface area contributed by atoms with Crippen LogP contribution < -0.4 is 0 Å². The second-order valence-electron chi connectivity index (χ2n) is 4.79. The molecule has 0 saturated carbocycles. The number of hydrogen-bond donors (Lipinski definition) is 0. The molecule has 0 amide bonds. The minimum absolute atomic E-state index is 0.265. The number of nitrogens with zero attached hydrogens (tertiary/aromatic N) is 1. The summed E-state index contributed by atoms with van der Waals surface area (Å²) in [5.41, 5.74) is 1.53. The van der Waals surface area contributed by atoms with Crippen molar-refractivity contribution in [1.82, 2.24) is 0 Å². The lowest BCUT2D eigenvalue weighted by Gasteiger charge is -2.08. The Morgan fingerprint density at radius 1 is 1.35 bits per heavy atom. The largest absolute Gasteiger partial charge is 0.462 e. The highest BCUT2D eigenvalue weighted by atomic mass is 16.5. The molecule has 0 fully saturated rings. The molecule has 0 heterocycles. The normalized spacial score (nSPS) is 10.9. The summed E-state index contributed by atoms with van der Waals surface area (Å²) in [7, 11) is 0. The van der Waals surface area contributed by atoms with Crippen molar-refractivity contribution in [3.8, 4) is 0 Å². The van der Waals surface area contributed by atoms with Crippen LogP contribution in [-0.4, -0.2) is 25.3 Å². The number of carbonyl (C=O) groups is 1. The van der Waals surface area contributed by atoms with Crippen molar-refractivity contribution < 1.29 is 9.53 Å². The summed E-state index contributed by atoms with van der Waals surface area (Å²) in [6, 6.07) is 0. The molecule has 0 aromatic rings. The molecule has 0 spiro atoms. The van der Waals surface area contributed by atoms with Gasteiger partial charge in [0.2, 0.25) is 0 Å². The molecule has 17 heavy (non-hydrogen) atoms. The van der Waals surface area contributed by atoms with Gasteiger partial charge in [0.15, 0.2) is 0 Å². The summed E-state index contributed by atoms with van der Waals surface area (Å²) < 4.78 is 5.20. The number of hydrogen-bond acceptors (Lipinski definition) is 3. The van der Waals surface area contributed by atoms with Crippen LogP contribution in [0.5, 0.6) is 0 Å². The maximum absolute atomic E-state index is 11.8. The molecule has 0 aliphatic carbocycles. The van der Waals surface area contributed by atoms with Crippen molar-refractivity contribution in [2.45, 2.75) is 47.5 Å². The van der Waals surface area contributed by atoms with Crippen LogP contribution >= 0.6 is 0 Å². The number of esters is 1. The number of aliphatic imine (C=N–C) groups is 1. The summed E-state index contributed by atoms with van der Waals surface area (Å²) in [6.07, 6.45) is 3.81. The summed E-state index contributed by atoms with van der Waals surface area (Å²) in [4.78, 5) is 16.0. The standard InChI is InChI=1S/C14H25NO2/c1-6-7-8-15-9-13(12(4)5)14(16)17-10-11(2)3/h9,11H,6-8,10H2,1-5H3. The molecule has 98 valence electrons. The molecule has 0 saturated heterocycles. The van der Waals surface area contributed by atoms with Gasteiger partial charge in [0.1, 0.15) is 0 Å². The highest BCUT2D eigenvalue weighted by molar-refractivity contribution is 6.10. The molecule has 0 radical (unpaired) electrons. The van der Waals surface area contributed by atoms with Gasteiger partial charge in [0.25, 0.3) is 0 Å². The zero-order valence-electron chi connectivity index (χ0n) is 11.7. The molecule has 0 aliphatic rings. The Balaban J connectivity index is 4.39. The predicted molar refractivity (Wildman–Crippen MR) is 72.4 cm³/mol. The smallest absolute Gasteiger partial charge is 0.339 e. The van der Waals surface area contributed by atoms with Gasteiger partial charge in [-0.25, -0.2) is 4.79 Å². The minimum atomic E-state index is -0.265. The Hall–Kier alpha value is -1.12. The highest BCUT2D eigenvalue weighted by Gasteiger charge is 2.11. The molecule has 0 aliphatic heterocycles. The number of ether oxygens (including phenoxy) is 1. The van der Waals surface area contributed by atoms with E-state index in [-0.39, 0.29) is 5.97 Å². The van der Waals surface area contributed by atoms with Crippen LogP contribution in [-0.2, 0) is 9.53 Å². The van der Waals surface area contributed by atoms with Gasteiger partial charge in [0.05, 0.1) is 12.2 Å². The second-order valence-corrected chi connectivity index (χ2v) is 4.79. The first-order valence-corrected chi connectivity index (χ1v) is 6.33. The monoisotopic (exact) mass is 239 g/mol. The van der Waals surface area contributed by atoms with E-state index < -0.39 is 0 Å². The Kier molecular flexibility index (Phi) is 8.38. The average molecular weight is 239 g/mol. The lowest BCUT2D eigenvalue weighted by molar-refractivity contribution is -0.139. The van der Waals surface area contributed by atoms with Crippen LogP contribution in [0.3, 0.4) is 0 Å². The van der Waals surface area contributed by atoms with E-state index in [0.29, 0.717) is 18.1 Å². The van der Waals surface area contributed by atoms with Crippen LogP contribution in [0, 0.1) is 5.92 Å². The van der Waals surface area contributed by atoms with E-state index in [1.54, 1.807) is 6.21 Å². The Bertz CT molecular complexity index is 287. The van der Waals surface area contributed by atoms with E-state index in [0.717, 1.165) is 25.0 Å². The summed E-state index contributed by atoms with van der Waals surface area (Å²) in [5, 5.41) is 0. The molecule has 0 bridgehead atoms. The van der Waals surface area contributed by atoms with Crippen molar-refractivity contribution in [2.75, 3.05) is 13.2 Å². The van der Waals surface area contributed by atoms with Crippen molar-refractivity contribution in [3.05, 3.63) is 11.1 Å². The molecular formula is C14H25NO2. The quantitative estimate of drug-likeness (QED) is 0.295. The van der Waals surface area contributed by atoms with E-state index in [9.17, 15) is 4.79 Å². The summed E-state index contributed by atoms with van der Waals surface area (Å²) in [5.74, 6) is 0.0911. The third-order valence-electron chi connectivity index (χ3n) is 2.17. The van der Waals surface area contributed by atoms with E-state index in [2.05, 4.69) is 11.9 Å². The van der Waals surface area contributed by atoms with Gasteiger partial charge in [-0.2, -0.15) is 0 Å². The molecule has 0 N–H and O–H groups in total. The fourth-order valence-electron chi connectivity index (χ4n) is 1.11. The fourth-order valence-corrected chi connectivity index (χ4v) is 1.11. The maximum Gasteiger partial charge on any atom is 0.339 e. The van der Waals surface area contributed by atoms with Gasteiger partial charge in [0, 0.05) is 12.8 Å². The SMILES string of the molecule is CCCCN=CC(C(=O)OCC(C)C)=C(C)C. The number of allylic oxidation sites excluding steroid dienone is 1. The van der Waals surface area contributed by atoms with E-state index in [4.69, 9.17) is 4.74 Å². The molecule has 0 unspecified atom stereocenters. The van der Waals surface area contributed by atoms with Gasteiger partial charge in [-0.3, -0.25) is 4.99 Å². The molecular weight excluding hydrogens is 214 g/mol. The van der Waals surface area contributed by atoms with E-state index >= 15 is 0 Å². The molecule has 3 heteroatoms. The van der Waals surface area contributed by atoms with Gasteiger partial charge >= 0.3 is 5.97 Å². The van der Waals surface area contributed by atoms with Crippen LogP contribution in [0.1, 0.15) is 47.5 Å². The Morgan fingerprint density at radius 3 is 2.47 bits per heavy atom. The van der Waals surface area contributed by atoms with E-state index in [1.165, 1.54) is 0 Å². The molecule has 3 nitrogen and oxygen atoms in total. The third kappa shape index (κ3) is 7.72. The van der Waals surface area contributed by atoms with Gasteiger partial charge in [-0.15, -0.1) is 0 Å². The zero-order chi connectivity index (χ0) is 13.3. The van der Waals surface area contributed by atoms with Crippen molar-refractivity contribution >= 4 is 12.2 Å². The Morgan fingerprint density at radius 2 is 2.00 bits per heavy atom. The summed E-state index contributed by atoms with van der Waals surface area (Å²) in [6.45, 7) is 11.2. The summed E-state index contributed by atoms with van der Waals surface area (Å²) >= 11 is 0. The van der Waals surface area contributed by atoms with Crippen LogP contribution in [0.25, 0.3) is 0 Å². The first-order chi connectivity index (χ1) is 7.99. The molecule has 0 atom stereocenters. The van der Waals surface area contributed by atoms with E-state index in [1.807, 2.05) is 27.7 Å². The molecule has 0 aromatic carbocycles. The van der Waals surface area contributed by atoms with Crippen molar-refractivity contribution in [1.29, 1.82) is 0 Å². The first-order valence-electron chi connectivity index (χ1n) is 6.33. The van der Waals surface area contributed by atoms with Crippen molar-refractivity contribution in [2.24, 2.45) is 10.9 Å². The fraction of sp³-hybridized carbons (Fsp3) is 0.714. The minimum Gasteiger partial charge on any atom is -0.462 e. The number of carbonyl (C=O) groups excluding carboxylic acids is 1. The number of unbranched alkanes of at least 4 members (excludes halogenated alkanes) is 1. The van der Waals surface area contributed by atoms with Crippen LogP contribution in [0.4, 0.5) is 0 Å². The van der Waals surface area contributed by atoms with Gasteiger partial charge in [-0.05, 0) is 26.2 Å². The second kappa shape index (κ2) is 8.97. The average Bonchev–Trinajstić information content (AvgIpc) is 2.25. The zero-order valence-corrected chi connectivity index (χ0v) is 11.7. The topological polar surface area (TPSA) is 38.7 Å². The predicted octanol–water partition coefficient (Wildman–Crippen LogP) is 3.39. The third-order valence-corrected chi connectivity index (χ3v) is 2.17.